The lowest BCUT2D eigenvalue weighted by atomic mass is 10.2. The zero-order chi connectivity index (χ0) is 14.0. The third kappa shape index (κ3) is 3.08. The summed E-state index contributed by atoms with van der Waals surface area (Å²) in [6.45, 7) is 1.63. The summed E-state index contributed by atoms with van der Waals surface area (Å²) in [4.78, 5) is 15.1. The molecule has 4 nitrogen and oxygen atoms in total. The molecule has 0 unspecified atom stereocenters. The molecule has 0 saturated carbocycles. The highest BCUT2D eigenvalue weighted by Crippen LogP contribution is 2.23. The van der Waals surface area contributed by atoms with E-state index in [1.807, 2.05) is 0 Å². The van der Waals surface area contributed by atoms with Gasteiger partial charge < -0.3 is 10.4 Å². The molecular weight excluding hydrogens is 315 g/mol. The van der Waals surface area contributed by atoms with Crippen LogP contribution in [0.4, 0.5) is 15.9 Å². The summed E-state index contributed by atoms with van der Waals surface area (Å²) >= 11 is 3.17. The SMILES string of the molecule is Cc1cc(Nc2ncc(Br)cc2C(=O)O)ccc1F. The first kappa shape index (κ1) is 13.5. The van der Waals surface area contributed by atoms with E-state index >= 15 is 0 Å². The third-order valence-corrected chi connectivity index (χ3v) is 2.94. The molecule has 0 radical (unpaired) electrons. The fourth-order valence-corrected chi connectivity index (χ4v) is 1.89. The Morgan fingerprint density at radius 1 is 1.42 bits per heavy atom. The number of nitrogens with zero attached hydrogens (tertiary/aromatic N) is 1. The number of nitrogens with one attached hydrogen (secondary N) is 1. The van der Waals surface area contributed by atoms with Crippen LogP contribution in [0.25, 0.3) is 0 Å². The van der Waals surface area contributed by atoms with E-state index in [1.54, 1.807) is 13.0 Å². The highest BCUT2D eigenvalue weighted by molar-refractivity contribution is 9.10. The molecule has 19 heavy (non-hydrogen) atoms. The van der Waals surface area contributed by atoms with Crippen LogP contribution in [0.5, 0.6) is 0 Å². The van der Waals surface area contributed by atoms with Crippen LogP contribution < -0.4 is 5.32 Å². The van der Waals surface area contributed by atoms with Gasteiger partial charge in [-0.15, -0.1) is 0 Å². The maximum atomic E-state index is 13.2. The van der Waals surface area contributed by atoms with Crippen molar-refractivity contribution in [1.82, 2.24) is 4.98 Å². The van der Waals surface area contributed by atoms with Crippen LogP contribution in [0.3, 0.4) is 0 Å². The van der Waals surface area contributed by atoms with E-state index in [0.29, 0.717) is 15.7 Å². The van der Waals surface area contributed by atoms with Gasteiger partial charge in [0.1, 0.15) is 17.2 Å². The Hall–Kier alpha value is -1.95. The number of carbonyl (C=O) groups is 1. The second kappa shape index (κ2) is 5.36. The molecule has 1 aromatic heterocycles. The second-order valence-corrected chi connectivity index (χ2v) is 4.86. The van der Waals surface area contributed by atoms with Gasteiger partial charge in [0, 0.05) is 16.4 Å². The number of benzene rings is 1. The topological polar surface area (TPSA) is 62.2 Å². The van der Waals surface area contributed by atoms with Crippen molar-refractivity contribution in [3.8, 4) is 0 Å². The van der Waals surface area contributed by atoms with Crippen molar-refractivity contribution < 1.29 is 14.3 Å². The Bertz CT molecular complexity index is 647. The van der Waals surface area contributed by atoms with Crippen LogP contribution in [0.2, 0.25) is 0 Å². The zero-order valence-corrected chi connectivity index (χ0v) is 11.5. The fraction of sp³-hybridized carbons (Fsp3) is 0.0769. The van der Waals surface area contributed by atoms with Crippen molar-refractivity contribution in [2.75, 3.05) is 5.32 Å². The average molecular weight is 325 g/mol. The van der Waals surface area contributed by atoms with Crippen LogP contribution in [0.15, 0.2) is 34.9 Å². The largest absolute Gasteiger partial charge is 0.478 e. The third-order valence-electron chi connectivity index (χ3n) is 2.51. The Morgan fingerprint density at radius 3 is 2.79 bits per heavy atom. The predicted octanol–water partition coefficient (Wildman–Crippen LogP) is 3.73. The Balaban J connectivity index is 2.37. The van der Waals surface area contributed by atoms with E-state index in [1.165, 1.54) is 24.4 Å². The number of hydrogen-bond acceptors (Lipinski definition) is 3. The summed E-state index contributed by atoms with van der Waals surface area (Å²) in [7, 11) is 0. The lowest BCUT2D eigenvalue weighted by Crippen LogP contribution is -2.05. The summed E-state index contributed by atoms with van der Waals surface area (Å²) in [5.74, 6) is -1.19. The maximum absolute atomic E-state index is 13.2. The highest BCUT2D eigenvalue weighted by Gasteiger charge is 2.12. The van der Waals surface area contributed by atoms with Gasteiger partial charge in [-0.3, -0.25) is 0 Å². The summed E-state index contributed by atoms with van der Waals surface area (Å²) in [5, 5.41) is 12.0. The number of carboxylic acid groups (broad SMARTS) is 1. The zero-order valence-electron chi connectivity index (χ0n) is 9.95. The van der Waals surface area contributed by atoms with Crippen molar-refractivity contribution in [1.29, 1.82) is 0 Å². The van der Waals surface area contributed by atoms with Crippen molar-refractivity contribution in [3.05, 3.63) is 51.9 Å². The molecule has 1 heterocycles. The van der Waals surface area contributed by atoms with Crippen LogP contribution in [-0.2, 0) is 0 Å². The summed E-state index contributed by atoms with van der Waals surface area (Å²) < 4.78 is 13.7. The van der Waals surface area contributed by atoms with Gasteiger partial charge in [-0.1, -0.05) is 0 Å². The molecule has 0 atom stereocenters. The molecule has 0 saturated heterocycles. The predicted molar refractivity (Wildman–Crippen MR) is 73.3 cm³/mol. The van der Waals surface area contributed by atoms with Crippen LogP contribution in [-0.4, -0.2) is 16.1 Å². The van der Waals surface area contributed by atoms with Gasteiger partial charge in [-0.05, 0) is 52.7 Å². The maximum Gasteiger partial charge on any atom is 0.339 e. The summed E-state index contributed by atoms with van der Waals surface area (Å²) in [5.41, 5.74) is 1.09. The fourth-order valence-electron chi connectivity index (χ4n) is 1.56. The minimum absolute atomic E-state index is 0.0383. The van der Waals surface area contributed by atoms with Gasteiger partial charge in [-0.2, -0.15) is 0 Å². The van der Waals surface area contributed by atoms with Crippen molar-refractivity contribution in [2.45, 2.75) is 6.92 Å². The monoisotopic (exact) mass is 324 g/mol. The standard InChI is InChI=1S/C13H10BrFN2O2/c1-7-4-9(2-3-11(7)15)17-12-10(13(18)19)5-8(14)6-16-12/h2-6H,1H3,(H,16,17)(H,18,19). The molecular formula is C13H10BrFN2O2. The lowest BCUT2D eigenvalue weighted by molar-refractivity contribution is 0.0697. The van der Waals surface area contributed by atoms with E-state index in [9.17, 15) is 9.18 Å². The van der Waals surface area contributed by atoms with Gasteiger partial charge in [-0.25, -0.2) is 14.2 Å². The average Bonchev–Trinajstić information content (AvgIpc) is 2.36. The molecule has 0 aliphatic heterocycles. The van der Waals surface area contributed by atoms with Gasteiger partial charge in [0.25, 0.3) is 0 Å². The first-order chi connectivity index (χ1) is 8.97. The number of aromatic nitrogens is 1. The van der Waals surface area contributed by atoms with Crippen molar-refractivity contribution >= 4 is 33.4 Å². The summed E-state index contributed by atoms with van der Waals surface area (Å²) in [6.07, 6.45) is 1.49. The first-order valence-corrected chi connectivity index (χ1v) is 6.18. The number of pyridine rings is 1. The van der Waals surface area contributed by atoms with Crippen LogP contribution >= 0.6 is 15.9 Å². The number of carboxylic acids is 1. The van der Waals surface area contributed by atoms with E-state index in [4.69, 9.17) is 5.11 Å². The molecule has 0 spiro atoms. The Labute approximate surface area is 117 Å². The lowest BCUT2D eigenvalue weighted by Gasteiger charge is -2.09. The van der Waals surface area contributed by atoms with Crippen molar-refractivity contribution in [3.63, 3.8) is 0 Å². The molecule has 1 aromatic carbocycles. The Morgan fingerprint density at radius 2 is 2.16 bits per heavy atom. The quantitative estimate of drug-likeness (QED) is 0.902. The molecule has 98 valence electrons. The number of aromatic carboxylic acids is 1. The molecule has 6 heteroatoms. The van der Waals surface area contributed by atoms with Crippen LogP contribution in [0, 0.1) is 12.7 Å². The number of aryl methyl sites for hydroxylation is 1. The molecule has 0 aliphatic carbocycles. The molecule has 0 bridgehead atoms. The van der Waals surface area contributed by atoms with Gasteiger partial charge in [0.2, 0.25) is 0 Å². The molecule has 0 aliphatic rings. The normalized spacial score (nSPS) is 10.3. The van der Waals surface area contributed by atoms with Gasteiger partial charge in [0.15, 0.2) is 0 Å². The minimum Gasteiger partial charge on any atom is -0.478 e. The number of rotatable bonds is 3. The molecule has 2 aromatic rings. The number of hydrogen-bond donors (Lipinski definition) is 2. The molecule has 2 N–H and O–H groups in total. The minimum atomic E-state index is -1.09. The van der Waals surface area contributed by atoms with Crippen molar-refractivity contribution in [2.24, 2.45) is 0 Å². The van der Waals surface area contributed by atoms with Gasteiger partial charge in [0.05, 0.1) is 0 Å². The van der Waals surface area contributed by atoms with Gasteiger partial charge >= 0.3 is 5.97 Å². The number of halogens is 2. The number of anilines is 2. The highest BCUT2D eigenvalue weighted by atomic mass is 79.9. The Kier molecular flexibility index (Phi) is 3.80. The molecule has 0 fully saturated rings. The van der Waals surface area contributed by atoms with Crippen LogP contribution in [0.1, 0.15) is 15.9 Å². The summed E-state index contributed by atoms with van der Waals surface area (Å²) in [6, 6.07) is 5.88. The molecule has 0 amide bonds. The van der Waals surface area contributed by atoms with E-state index in [-0.39, 0.29) is 17.2 Å². The first-order valence-electron chi connectivity index (χ1n) is 5.39. The van der Waals surface area contributed by atoms with E-state index in [0.717, 1.165) is 0 Å². The second-order valence-electron chi connectivity index (χ2n) is 3.94. The van der Waals surface area contributed by atoms with E-state index in [2.05, 4.69) is 26.2 Å². The van der Waals surface area contributed by atoms with E-state index < -0.39 is 5.97 Å². The molecule has 2 rings (SSSR count). The smallest absolute Gasteiger partial charge is 0.339 e.